The number of urea groups is 1. The molecule has 2 aromatic rings. The van der Waals surface area contributed by atoms with Crippen LogP contribution < -0.4 is 15.4 Å². The molecule has 1 aromatic heterocycles. The van der Waals surface area contributed by atoms with E-state index >= 15 is 0 Å². The zero-order chi connectivity index (χ0) is 18.2. The molecule has 8 nitrogen and oxygen atoms in total. The molecule has 1 aliphatic rings. The maximum absolute atomic E-state index is 12.2. The van der Waals surface area contributed by atoms with Gasteiger partial charge in [0.15, 0.2) is 0 Å². The number of para-hydroxylation sites is 2. The Morgan fingerprint density at radius 1 is 1.42 bits per heavy atom. The first-order valence-electron chi connectivity index (χ1n) is 8.65. The van der Waals surface area contributed by atoms with Crippen LogP contribution in [0.3, 0.4) is 0 Å². The number of aromatic amines is 1. The molecule has 1 unspecified atom stereocenters. The summed E-state index contributed by atoms with van der Waals surface area (Å²) in [4.78, 5) is 12.2. The minimum Gasteiger partial charge on any atom is -0.489 e. The number of amides is 2. The van der Waals surface area contributed by atoms with Gasteiger partial charge in [-0.2, -0.15) is 5.10 Å². The summed E-state index contributed by atoms with van der Waals surface area (Å²) in [5.74, 6) is 0.627. The number of anilines is 1. The van der Waals surface area contributed by atoms with E-state index in [1.807, 2.05) is 24.3 Å². The van der Waals surface area contributed by atoms with Gasteiger partial charge in [0.1, 0.15) is 12.4 Å². The molecule has 0 radical (unpaired) electrons. The molecule has 1 atom stereocenters. The Kier molecular flexibility index (Phi) is 6.45. The summed E-state index contributed by atoms with van der Waals surface area (Å²) in [6.07, 6.45) is 2.19. The van der Waals surface area contributed by atoms with Crippen LogP contribution >= 0.6 is 0 Å². The Labute approximate surface area is 152 Å². The highest BCUT2D eigenvalue weighted by molar-refractivity contribution is 5.90. The van der Waals surface area contributed by atoms with Gasteiger partial charge < -0.3 is 24.8 Å². The van der Waals surface area contributed by atoms with E-state index in [1.54, 1.807) is 13.2 Å². The molecule has 0 bridgehead atoms. The van der Waals surface area contributed by atoms with Crippen LogP contribution in [0, 0.1) is 0 Å². The van der Waals surface area contributed by atoms with E-state index < -0.39 is 0 Å². The second kappa shape index (κ2) is 9.21. The van der Waals surface area contributed by atoms with Crippen LogP contribution in [0.2, 0.25) is 0 Å². The Morgan fingerprint density at radius 2 is 2.31 bits per heavy atom. The van der Waals surface area contributed by atoms with Gasteiger partial charge in [-0.25, -0.2) is 4.79 Å². The first kappa shape index (κ1) is 18.2. The van der Waals surface area contributed by atoms with Gasteiger partial charge in [0.25, 0.3) is 0 Å². The van der Waals surface area contributed by atoms with Gasteiger partial charge in [-0.3, -0.25) is 5.10 Å². The first-order chi connectivity index (χ1) is 12.7. The summed E-state index contributed by atoms with van der Waals surface area (Å²) in [7, 11) is 1.61. The van der Waals surface area contributed by atoms with E-state index in [0.717, 1.165) is 30.8 Å². The average Bonchev–Trinajstić information content (AvgIpc) is 3.31. The molecule has 8 heteroatoms. The fourth-order valence-electron chi connectivity index (χ4n) is 2.72. The van der Waals surface area contributed by atoms with E-state index in [-0.39, 0.29) is 12.1 Å². The predicted octanol–water partition coefficient (Wildman–Crippen LogP) is 2.44. The molecular weight excluding hydrogens is 336 g/mol. The van der Waals surface area contributed by atoms with Gasteiger partial charge in [0, 0.05) is 13.7 Å². The van der Waals surface area contributed by atoms with Gasteiger partial charge in [-0.1, -0.05) is 12.1 Å². The van der Waals surface area contributed by atoms with Crippen molar-refractivity contribution in [1.29, 1.82) is 0 Å². The lowest BCUT2D eigenvalue weighted by molar-refractivity contribution is 0.0682. The first-order valence-corrected chi connectivity index (χ1v) is 8.65. The monoisotopic (exact) mass is 360 g/mol. The summed E-state index contributed by atoms with van der Waals surface area (Å²) in [6, 6.07) is 8.88. The van der Waals surface area contributed by atoms with Crippen molar-refractivity contribution >= 4 is 11.7 Å². The van der Waals surface area contributed by atoms with Crippen molar-refractivity contribution in [2.24, 2.45) is 0 Å². The highest BCUT2D eigenvalue weighted by atomic mass is 16.5. The maximum Gasteiger partial charge on any atom is 0.319 e. The number of hydrogen-bond donors (Lipinski definition) is 3. The van der Waals surface area contributed by atoms with Crippen molar-refractivity contribution in [2.75, 3.05) is 25.6 Å². The molecule has 1 aromatic carbocycles. The maximum atomic E-state index is 12.2. The van der Waals surface area contributed by atoms with Crippen LogP contribution in [0.25, 0.3) is 0 Å². The second-order valence-electron chi connectivity index (χ2n) is 6.07. The number of hydrogen-bond acceptors (Lipinski definition) is 5. The van der Waals surface area contributed by atoms with Gasteiger partial charge in [0.05, 0.1) is 36.3 Å². The SMILES string of the molecule is COCc1cc(CNC(=O)Nc2ccccc2OCC2CCCO2)[nH]n1. The molecule has 3 rings (SSSR count). The number of ether oxygens (including phenoxy) is 3. The minimum absolute atomic E-state index is 0.124. The molecule has 3 N–H and O–H groups in total. The molecule has 2 amide bonds. The number of H-pyrrole nitrogens is 1. The summed E-state index contributed by atoms with van der Waals surface area (Å²) in [6.45, 7) is 2.03. The number of nitrogens with one attached hydrogen (secondary N) is 3. The average molecular weight is 360 g/mol. The number of nitrogens with zero attached hydrogens (tertiary/aromatic N) is 1. The Bertz CT molecular complexity index is 713. The van der Waals surface area contributed by atoms with Crippen LogP contribution in [-0.2, 0) is 22.6 Å². The van der Waals surface area contributed by atoms with Gasteiger partial charge in [0.2, 0.25) is 0 Å². The molecule has 2 heterocycles. The van der Waals surface area contributed by atoms with Crippen molar-refractivity contribution in [3.63, 3.8) is 0 Å². The Hall–Kier alpha value is -2.58. The topological polar surface area (TPSA) is 97.5 Å². The zero-order valence-corrected chi connectivity index (χ0v) is 14.8. The number of rotatable bonds is 8. The number of methoxy groups -OCH3 is 1. The third-order valence-corrected chi connectivity index (χ3v) is 4.00. The smallest absolute Gasteiger partial charge is 0.319 e. The molecule has 1 saturated heterocycles. The lowest BCUT2D eigenvalue weighted by Crippen LogP contribution is -2.28. The highest BCUT2D eigenvalue weighted by Gasteiger charge is 2.17. The summed E-state index contributed by atoms with van der Waals surface area (Å²) < 4.78 is 16.4. The number of aromatic nitrogens is 2. The molecule has 1 aliphatic heterocycles. The van der Waals surface area contributed by atoms with E-state index in [2.05, 4.69) is 20.8 Å². The van der Waals surface area contributed by atoms with Crippen molar-refractivity contribution < 1.29 is 19.0 Å². The fraction of sp³-hybridized carbons (Fsp3) is 0.444. The van der Waals surface area contributed by atoms with Crippen molar-refractivity contribution in [1.82, 2.24) is 15.5 Å². The third kappa shape index (κ3) is 5.21. The van der Waals surface area contributed by atoms with Crippen molar-refractivity contribution in [3.8, 4) is 5.75 Å². The molecular formula is C18H24N4O4. The van der Waals surface area contributed by atoms with Crippen molar-refractivity contribution in [3.05, 3.63) is 41.7 Å². The van der Waals surface area contributed by atoms with Gasteiger partial charge >= 0.3 is 6.03 Å². The fourth-order valence-corrected chi connectivity index (χ4v) is 2.72. The molecule has 26 heavy (non-hydrogen) atoms. The van der Waals surface area contributed by atoms with Crippen LogP contribution in [-0.4, -0.2) is 42.7 Å². The van der Waals surface area contributed by atoms with E-state index in [9.17, 15) is 4.79 Å². The largest absolute Gasteiger partial charge is 0.489 e. The van der Waals surface area contributed by atoms with E-state index in [0.29, 0.717) is 31.2 Å². The van der Waals surface area contributed by atoms with Gasteiger partial charge in [-0.15, -0.1) is 0 Å². The van der Waals surface area contributed by atoms with Crippen LogP contribution in [0.1, 0.15) is 24.2 Å². The van der Waals surface area contributed by atoms with E-state index in [1.165, 1.54) is 0 Å². The standard InChI is InChI=1S/C18H24N4O4/c1-24-11-14-9-13(21-22-14)10-19-18(23)20-16-6-2-3-7-17(16)26-12-15-5-4-8-25-15/h2-3,6-7,9,15H,4-5,8,10-12H2,1H3,(H,21,22)(H2,19,20,23). The Morgan fingerprint density at radius 3 is 3.12 bits per heavy atom. The quantitative estimate of drug-likeness (QED) is 0.672. The lowest BCUT2D eigenvalue weighted by atomic mass is 10.2. The zero-order valence-electron chi connectivity index (χ0n) is 14.8. The number of carbonyl (C=O) groups is 1. The molecule has 1 fully saturated rings. The molecule has 0 aliphatic carbocycles. The highest BCUT2D eigenvalue weighted by Crippen LogP contribution is 2.25. The number of carbonyl (C=O) groups excluding carboxylic acids is 1. The predicted molar refractivity (Wildman–Crippen MR) is 96.1 cm³/mol. The third-order valence-electron chi connectivity index (χ3n) is 4.00. The molecule has 0 saturated carbocycles. The molecule has 0 spiro atoms. The normalized spacial score (nSPS) is 16.4. The van der Waals surface area contributed by atoms with Gasteiger partial charge in [-0.05, 0) is 31.0 Å². The minimum atomic E-state index is -0.318. The summed E-state index contributed by atoms with van der Waals surface area (Å²) in [5, 5.41) is 12.6. The van der Waals surface area contributed by atoms with Crippen LogP contribution in [0.4, 0.5) is 10.5 Å². The molecule has 140 valence electrons. The van der Waals surface area contributed by atoms with Crippen LogP contribution in [0.5, 0.6) is 5.75 Å². The van der Waals surface area contributed by atoms with Crippen molar-refractivity contribution in [2.45, 2.75) is 32.1 Å². The summed E-state index contributed by atoms with van der Waals surface area (Å²) in [5.41, 5.74) is 2.21. The second-order valence-corrected chi connectivity index (χ2v) is 6.07. The van der Waals surface area contributed by atoms with E-state index in [4.69, 9.17) is 14.2 Å². The van der Waals surface area contributed by atoms with Crippen LogP contribution in [0.15, 0.2) is 30.3 Å². The number of benzene rings is 1. The Balaban J connectivity index is 1.49. The summed E-state index contributed by atoms with van der Waals surface area (Å²) >= 11 is 0. The lowest BCUT2D eigenvalue weighted by Gasteiger charge is -2.15.